The van der Waals surface area contributed by atoms with E-state index >= 15 is 0 Å². The lowest BCUT2D eigenvalue weighted by molar-refractivity contribution is -0.0719. The number of hydrogen-bond acceptors (Lipinski definition) is 2. The summed E-state index contributed by atoms with van der Waals surface area (Å²) in [5, 5.41) is 10.4. The second-order valence-corrected chi connectivity index (χ2v) is 5.79. The Morgan fingerprint density at radius 3 is 2.38 bits per heavy atom. The first kappa shape index (κ1) is 16.4. The summed E-state index contributed by atoms with van der Waals surface area (Å²) in [6, 6.07) is 3.78. The minimum Gasteiger partial charge on any atom is -0.390 e. The van der Waals surface area contributed by atoms with Crippen LogP contribution in [-0.4, -0.2) is 23.9 Å². The Hall–Kier alpha value is -1.00. The number of hydrogen-bond donors (Lipinski definition) is 1. The van der Waals surface area contributed by atoms with Crippen molar-refractivity contribution < 1.29 is 18.6 Å². The summed E-state index contributed by atoms with van der Waals surface area (Å²) in [5.74, 6) is -0.926. The van der Waals surface area contributed by atoms with Crippen LogP contribution in [0.3, 0.4) is 0 Å². The smallest absolute Gasteiger partial charge is 0.129 e. The standard InChI is InChI=1S/C17H24F2O2/c1-2-21-17(12-7-4-3-5-8-12)16(20)11-13-14(18)9-6-10-15(13)19/h6,9-10,12,16-17,20H,2-5,7-8,11H2,1H3. The van der Waals surface area contributed by atoms with Crippen LogP contribution in [0.25, 0.3) is 0 Å². The molecule has 2 unspecified atom stereocenters. The summed E-state index contributed by atoms with van der Waals surface area (Å²) in [5.41, 5.74) is -0.0505. The van der Waals surface area contributed by atoms with Gasteiger partial charge in [0.05, 0.1) is 12.2 Å². The van der Waals surface area contributed by atoms with Crippen molar-refractivity contribution in [1.29, 1.82) is 0 Å². The number of aliphatic hydroxyl groups excluding tert-OH is 1. The molecule has 2 nitrogen and oxygen atoms in total. The molecule has 2 atom stereocenters. The first-order valence-corrected chi connectivity index (χ1v) is 7.86. The topological polar surface area (TPSA) is 29.5 Å². The maximum atomic E-state index is 13.7. The Morgan fingerprint density at radius 1 is 1.19 bits per heavy atom. The summed E-state index contributed by atoms with van der Waals surface area (Å²) in [7, 11) is 0. The van der Waals surface area contributed by atoms with Crippen LogP contribution in [0.2, 0.25) is 0 Å². The molecule has 118 valence electrons. The van der Waals surface area contributed by atoms with E-state index in [0.29, 0.717) is 6.61 Å². The molecule has 0 radical (unpaired) electrons. The van der Waals surface area contributed by atoms with Crippen molar-refractivity contribution >= 4 is 0 Å². The first-order chi connectivity index (χ1) is 10.1. The Balaban J connectivity index is 2.09. The van der Waals surface area contributed by atoms with E-state index in [4.69, 9.17) is 4.74 Å². The van der Waals surface area contributed by atoms with Crippen molar-refractivity contribution in [2.24, 2.45) is 5.92 Å². The van der Waals surface area contributed by atoms with Gasteiger partial charge in [0.1, 0.15) is 11.6 Å². The molecule has 4 heteroatoms. The molecule has 1 aromatic carbocycles. The normalized spacial score (nSPS) is 19.4. The maximum Gasteiger partial charge on any atom is 0.129 e. The molecule has 0 saturated heterocycles. The van der Waals surface area contributed by atoms with Crippen molar-refractivity contribution in [3.63, 3.8) is 0 Å². The number of aliphatic hydroxyl groups is 1. The molecule has 1 fully saturated rings. The average molecular weight is 298 g/mol. The van der Waals surface area contributed by atoms with Crippen LogP contribution >= 0.6 is 0 Å². The number of benzene rings is 1. The quantitative estimate of drug-likeness (QED) is 0.864. The van der Waals surface area contributed by atoms with Gasteiger partial charge in [0.2, 0.25) is 0 Å². The lowest BCUT2D eigenvalue weighted by Gasteiger charge is -2.33. The summed E-state index contributed by atoms with van der Waals surface area (Å²) >= 11 is 0. The Labute approximate surface area is 125 Å². The van der Waals surface area contributed by atoms with E-state index in [-0.39, 0.29) is 24.0 Å². The lowest BCUT2D eigenvalue weighted by Crippen LogP contribution is -2.39. The van der Waals surface area contributed by atoms with Gasteiger partial charge in [-0.3, -0.25) is 0 Å². The average Bonchev–Trinajstić information content (AvgIpc) is 2.49. The summed E-state index contributed by atoms with van der Waals surface area (Å²) in [4.78, 5) is 0. The predicted molar refractivity (Wildman–Crippen MR) is 78.1 cm³/mol. The Kier molecular flexibility index (Phi) is 6.12. The third-order valence-corrected chi connectivity index (χ3v) is 4.33. The van der Waals surface area contributed by atoms with Gasteiger partial charge < -0.3 is 9.84 Å². The molecule has 0 aromatic heterocycles. The summed E-state index contributed by atoms with van der Waals surface area (Å²) in [6.45, 7) is 2.38. The van der Waals surface area contributed by atoms with Crippen molar-refractivity contribution in [2.75, 3.05) is 6.61 Å². The maximum absolute atomic E-state index is 13.7. The van der Waals surface area contributed by atoms with E-state index in [2.05, 4.69) is 0 Å². The van der Waals surface area contributed by atoms with Crippen molar-refractivity contribution in [3.8, 4) is 0 Å². The molecule has 0 heterocycles. The van der Waals surface area contributed by atoms with Crippen LogP contribution in [0.4, 0.5) is 8.78 Å². The van der Waals surface area contributed by atoms with Gasteiger partial charge in [-0.05, 0) is 37.8 Å². The first-order valence-electron chi connectivity index (χ1n) is 7.86. The molecule has 0 spiro atoms. The molecule has 2 rings (SSSR count). The van der Waals surface area contributed by atoms with Crippen LogP contribution in [0.15, 0.2) is 18.2 Å². The number of ether oxygens (including phenoxy) is 1. The molecule has 1 aliphatic rings. The molecule has 0 bridgehead atoms. The van der Waals surface area contributed by atoms with Crippen LogP contribution in [0, 0.1) is 17.6 Å². The minimum absolute atomic E-state index is 0.0420. The van der Waals surface area contributed by atoms with Crippen molar-refractivity contribution in [3.05, 3.63) is 35.4 Å². The molecule has 1 saturated carbocycles. The zero-order valence-corrected chi connectivity index (χ0v) is 12.5. The molecular weight excluding hydrogens is 274 g/mol. The molecule has 1 aliphatic carbocycles. The van der Waals surface area contributed by atoms with E-state index in [0.717, 1.165) is 25.7 Å². The van der Waals surface area contributed by atoms with E-state index in [9.17, 15) is 13.9 Å². The zero-order chi connectivity index (χ0) is 15.2. The second-order valence-electron chi connectivity index (χ2n) is 5.79. The SMILES string of the molecule is CCOC(C(O)Cc1c(F)cccc1F)C1CCCCC1. The molecule has 0 aliphatic heterocycles. The van der Waals surface area contributed by atoms with Crippen molar-refractivity contribution in [1.82, 2.24) is 0 Å². The van der Waals surface area contributed by atoms with Gasteiger partial charge in [0, 0.05) is 18.6 Å². The Morgan fingerprint density at radius 2 is 1.81 bits per heavy atom. The van der Waals surface area contributed by atoms with Crippen molar-refractivity contribution in [2.45, 2.75) is 57.7 Å². The van der Waals surface area contributed by atoms with E-state index < -0.39 is 17.7 Å². The van der Waals surface area contributed by atoms with Gasteiger partial charge in [-0.2, -0.15) is 0 Å². The summed E-state index contributed by atoms with van der Waals surface area (Å²) in [6.07, 6.45) is 4.26. The molecule has 0 amide bonds. The third-order valence-electron chi connectivity index (χ3n) is 4.33. The molecule has 21 heavy (non-hydrogen) atoms. The van der Waals surface area contributed by atoms with Gasteiger partial charge in [-0.25, -0.2) is 8.78 Å². The van der Waals surface area contributed by atoms with Crippen LogP contribution in [0.1, 0.15) is 44.6 Å². The molecule has 1 aromatic rings. The fraction of sp³-hybridized carbons (Fsp3) is 0.647. The van der Waals surface area contributed by atoms with E-state index in [1.807, 2.05) is 6.92 Å². The third kappa shape index (κ3) is 4.24. The fourth-order valence-corrected chi connectivity index (χ4v) is 3.27. The van der Waals surface area contributed by atoms with E-state index in [1.165, 1.54) is 24.6 Å². The number of halogens is 2. The van der Waals surface area contributed by atoms with Gasteiger partial charge in [0.15, 0.2) is 0 Å². The molecule has 1 N–H and O–H groups in total. The highest BCUT2D eigenvalue weighted by Gasteiger charge is 2.31. The monoisotopic (exact) mass is 298 g/mol. The van der Waals surface area contributed by atoms with Gasteiger partial charge in [-0.15, -0.1) is 0 Å². The minimum atomic E-state index is -0.876. The predicted octanol–water partition coefficient (Wildman–Crippen LogP) is 3.85. The van der Waals surface area contributed by atoms with Gasteiger partial charge in [-0.1, -0.05) is 25.3 Å². The van der Waals surface area contributed by atoms with E-state index in [1.54, 1.807) is 0 Å². The highest BCUT2D eigenvalue weighted by molar-refractivity contribution is 5.20. The summed E-state index contributed by atoms with van der Waals surface area (Å²) < 4.78 is 33.1. The highest BCUT2D eigenvalue weighted by Crippen LogP contribution is 2.30. The second kappa shape index (κ2) is 7.85. The fourth-order valence-electron chi connectivity index (χ4n) is 3.27. The van der Waals surface area contributed by atoms with Gasteiger partial charge >= 0.3 is 0 Å². The Bertz CT molecular complexity index is 424. The lowest BCUT2D eigenvalue weighted by atomic mass is 9.82. The van der Waals surface area contributed by atoms with Crippen LogP contribution in [-0.2, 0) is 11.2 Å². The molecular formula is C17H24F2O2. The van der Waals surface area contributed by atoms with Crippen LogP contribution < -0.4 is 0 Å². The highest BCUT2D eigenvalue weighted by atomic mass is 19.1. The number of rotatable bonds is 6. The van der Waals surface area contributed by atoms with Crippen LogP contribution in [0.5, 0.6) is 0 Å². The zero-order valence-electron chi connectivity index (χ0n) is 12.5. The largest absolute Gasteiger partial charge is 0.390 e. The van der Waals surface area contributed by atoms with Gasteiger partial charge in [0.25, 0.3) is 0 Å².